The Balaban J connectivity index is 1.81. The molecule has 0 fully saturated rings. The third kappa shape index (κ3) is 4.61. The minimum atomic E-state index is -0.348. The monoisotopic (exact) mass is 415 g/mol. The first-order valence-electron chi connectivity index (χ1n) is 8.87. The molecule has 2 aromatic carbocycles. The number of fused-ring (bicyclic) bond motifs is 1. The van der Waals surface area contributed by atoms with Gasteiger partial charge >= 0.3 is 0 Å². The summed E-state index contributed by atoms with van der Waals surface area (Å²) in [4.78, 5) is 31.5. The van der Waals surface area contributed by atoms with Gasteiger partial charge in [-0.3, -0.25) is 14.6 Å². The number of aromatic nitrogens is 1. The van der Waals surface area contributed by atoms with Crippen molar-refractivity contribution in [1.29, 1.82) is 0 Å². The molecule has 2 amide bonds. The molecule has 28 heavy (non-hydrogen) atoms. The van der Waals surface area contributed by atoms with Crippen molar-refractivity contribution in [2.75, 3.05) is 18.4 Å². The van der Waals surface area contributed by atoms with Crippen LogP contribution in [0.3, 0.4) is 0 Å². The van der Waals surface area contributed by atoms with Crippen molar-refractivity contribution in [3.05, 3.63) is 70.3 Å². The topological polar surface area (TPSA) is 62.3 Å². The number of carbonyl (C=O) groups excluding carboxylic acids is 2. The van der Waals surface area contributed by atoms with E-state index in [2.05, 4.69) is 10.3 Å². The highest BCUT2D eigenvalue weighted by atomic mass is 35.5. The van der Waals surface area contributed by atoms with Gasteiger partial charge in [-0.05, 0) is 36.8 Å². The van der Waals surface area contributed by atoms with Gasteiger partial charge in [0, 0.05) is 23.2 Å². The van der Waals surface area contributed by atoms with E-state index < -0.39 is 0 Å². The van der Waals surface area contributed by atoms with Gasteiger partial charge in [0.1, 0.15) is 6.54 Å². The van der Waals surface area contributed by atoms with Gasteiger partial charge in [-0.2, -0.15) is 0 Å². The fourth-order valence-electron chi connectivity index (χ4n) is 2.93. The van der Waals surface area contributed by atoms with Gasteiger partial charge in [0.05, 0.1) is 21.8 Å². The van der Waals surface area contributed by atoms with E-state index in [0.717, 1.165) is 11.8 Å². The molecule has 1 aromatic heterocycles. The normalized spacial score (nSPS) is 10.7. The summed E-state index contributed by atoms with van der Waals surface area (Å²) in [5.74, 6) is -0.586. The summed E-state index contributed by atoms with van der Waals surface area (Å²) >= 11 is 12.1. The number of hydrogen-bond acceptors (Lipinski definition) is 3. The van der Waals surface area contributed by atoms with Gasteiger partial charge < -0.3 is 10.2 Å². The van der Waals surface area contributed by atoms with Crippen LogP contribution in [-0.4, -0.2) is 34.8 Å². The number of rotatable bonds is 6. The molecule has 1 heterocycles. The lowest BCUT2D eigenvalue weighted by atomic mass is 10.1. The van der Waals surface area contributed by atoms with Crippen LogP contribution in [0.15, 0.2) is 54.7 Å². The number of nitrogens with zero attached hydrogens (tertiary/aromatic N) is 2. The predicted octanol–water partition coefficient (Wildman–Crippen LogP) is 5.03. The maximum Gasteiger partial charge on any atom is 0.256 e. The molecule has 7 heteroatoms. The zero-order valence-electron chi connectivity index (χ0n) is 15.3. The molecule has 1 N–H and O–H groups in total. The molecule has 0 radical (unpaired) electrons. The second-order valence-corrected chi connectivity index (χ2v) is 7.12. The number of para-hydroxylation sites is 1. The Hall–Kier alpha value is -2.63. The third-order valence-electron chi connectivity index (χ3n) is 4.18. The molecular weight excluding hydrogens is 397 g/mol. The van der Waals surface area contributed by atoms with E-state index >= 15 is 0 Å². The molecule has 3 rings (SSSR count). The number of anilines is 1. The molecular formula is C21H19Cl2N3O2. The summed E-state index contributed by atoms with van der Waals surface area (Å²) in [5.41, 5.74) is 1.50. The highest BCUT2D eigenvalue weighted by Crippen LogP contribution is 2.25. The average molecular weight is 416 g/mol. The van der Waals surface area contributed by atoms with E-state index in [9.17, 15) is 9.59 Å². The van der Waals surface area contributed by atoms with E-state index in [1.54, 1.807) is 30.5 Å². The van der Waals surface area contributed by atoms with Crippen molar-refractivity contribution >= 4 is 51.6 Å². The molecule has 0 aliphatic carbocycles. The van der Waals surface area contributed by atoms with Crippen molar-refractivity contribution in [3.8, 4) is 0 Å². The Morgan fingerprint density at radius 2 is 1.89 bits per heavy atom. The van der Waals surface area contributed by atoms with Gasteiger partial charge in [0.25, 0.3) is 5.91 Å². The molecule has 3 aromatic rings. The fraction of sp³-hybridized carbons (Fsp3) is 0.190. The van der Waals surface area contributed by atoms with Gasteiger partial charge in [0.2, 0.25) is 5.91 Å². The highest BCUT2D eigenvalue weighted by molar-refractivity contribution is 6.35. The Kier molecular flexibility index (Phi) is 6.49. The van der Waals surface area contributed by atoms with Crippen LogP contribution in [0.2, 0.25) is 10.0 Å². The van der Waals surface area contributed by atoms with Gasteiger partial charge in [-0.1, -0.05) is 48.3 Å². The average Bonchev–Trinajstić information content (AvgIpc) is 2.69. The van der Waals surface area contributed by atoms with Gasteiger partial charge in [-0.15, -0.1) is 0 Å². The molecule has 0 bridgehead atoms. The third-order valence-corrected chi connectivity index (χ3v) is 4.75. The largest absolute Gasteiger partial charge is 0.329 e. The second-order valence-electron chi connectivity index (χ2n) is 6.28. The van der Waals surface area contributed by atoms with E-state index in [0.29, 0.717) is 33.4 Å². The highest BCUT2D eigenvalue weighted by Gasteiger charge is 2.21. The minimum absolute atomic E-state index is 0.0985. The Morgan fingerprint density at radius 1 is 1.11 bits per heavy atom. The van der Waals surface area contributed by atoms with Crippen LogP contribution >= 0.6 is 23.2 Å². The van der Waals surface area contributed by atoms with E-state index in [1.165, 1.54) is 4.90 Å². The van der Waals surface area contributed by atoms with Crippen LogP contribution in [0, 0.1) is 0 Å². The van der Waals surface area contributed by atoms with Crippen LogP contribution in [-0.2, 0) is 4.79 Å². The Morgan fingerprint density at radius 3 is 2.68 bits per heavy atom. The lowest BCUT2D eigenvalue weighted by Gasteiger charge is -2.22. The first-order valence-corrected chi connectivity index (χ1v) is 9.63. The molecule has 0 aliphatic rings. The fourth-order valence-corrected chi connectivity index (χ4v) is 3.26. The van der Waals surface area contributed by atoms with Crippen LogP contribution in [0.4, 0.5) is 5.69 Å². The standard InChI is InChI=1S/C21H19Cl2N3O2/c1-2-11-26(13-19(27)25-18-12-15(22)8-9-17(18)23)21(28)16-7-3-5-14-6-4-10-24-20(14)16/h3-10,12H,2,11,13H2,1H3,(H,25,27). The van der Waals surface area contributed by atoms with Gasteiger partial charge in [0.15, 0.2) is 0 Å². The number of amides is 2. The first-order chi connectivity index (χ1) is 13.5. The van der Waals surface area contributed by atoms with Crippen LogP contribution in [0.5, 0.6) is 0 Å². The molecule has 0 atom stereocenters. The van der Waals surface area contributed by atoms with Crippen molar-refractivity contribution < 1.29 is 9.59 Å². The molecule has 0 aliphatic heterocycles. The number of hydrogen-bond donors (Lipinski definition) is 1. The maximum absolute atomic E-state index is 13.1. The molecule has 0 unspecified atom stereocenters. The lowest BCUT2D eigenvalue weighted by Crippen LogP contribution is -2.38. The summed E-state index contributed by atoms with van der Waals surface area (Å²) in [6.07, 6.45) is 2.37. The number of carbonyl (C=O) groups is 2. The van der Waals surface area contributed by atoms with E-state index in [4.69, 9.17) is 23.2 Å². The summed E-state index contributed by atoms with van der Waals surface area (Å²) in [6, 6.07) is 14.0. The summed E-state index contributed by atoms with van der Waals surface area (Å²) in [7, 11) is 0. The van der Waals surface area contributed by atoms with E-state index in [1.807, 2.05) is 31.2 Å². The SMILES string of the molecule is CCCN(CC(=O)Nc1cc(Cl)ccc1Cl)C(=O)c1cccc2cccnc12. The van der Waals surface area contributed by atoms with Crippen LogP contribution in [0.25, 0.3) is 10.9 Å². The van der Waals surface area contributed by atoms with Gasteiger partial charge in [-0.25, -0.2) is 0 Å². The number of halogens is 2. The summed E-state index contributed by atoms with van der Waals surface area (Å²) < 4.78 is 0. The van der Waals surface area contributed by atoms with Crippen molar-refractivity contribution in [2.24, 2.45) is 0 Å². The van der Waals surface area contributed by atoms with Crippen LogP contribution in [0.1, 0.15) is 23.7 Å². The smallest absolute Gasteiger partial charge is 0.256 e. The van der Waals surface area contributed by atoms with Crippen molar-refractivity contribution in [2.45, 2.75) is 13.3 Å². The van der Waals surface area contributed by atoms with Crippen molar-refractivity contribution in [1.82, 2.24) is 9.88 Å². The molecule has 0 saturated heterocycles. The molecule has 5 nitrogen and oxygen atoms in total. The number of pyridine rings is 1. The first kappa shape index (κ1) is 20.1. The van der Waals surface area contributed by atoms with Crippen molar-refractivity contribution in [3.63, 3.8) is 0 Å². The zero-order chi connectivity index (χ0) is 20.1. The number of nitrogens with one attached hydrogen (secondary N) is 1. The summed E-state index contributed by atoms with van der Waals surface area (Å²) in [5, 5.41) is 4.43. The molecule has 0 saturated carbocycles. The minimum Gasteiger partial charge on any atom is -0.329 e. The number of benzene rings is 2. The second kappa shape index (κ2) is 9.04. The maximum atomic E-state index is 13.1. The molecule has 0 spiro atoms. The quantitative estimate of drug-likeness (QED) is 0.613. The van der Waals surface area contributed by atoms with Crippen LogP contribution < -0.4 is 5.32 Å². The predicted molar refractivity (Wildman–Crippen MR) is 113 cm³/mol. The Bertz CT molecular complexity index is 1020. The van der Waals surface area contributed by atoms with E-state index in [-0.39, 0.29) is 18.4 Å². The zero-order valence-corrected chi connectivity index (χ0v) is 16.8. The summed E-state index contributed by atoms with van der Waals surface area (Å²) in [6.45, 7) is 2.30. The Labute approximate surface area is 173 Å². The molecule has 144 valence electrons. The lowest BCUT2D eigenvalue weighted by molar-refractivity contribution is -0.116.